The maximum absolute atomic E-state index is 11.4. The number of alkyl halides is 6. The Morgan fingerprint density at radius 1 is 0.581 bits per heavy atom. The summed E-state index contributed by atoms with van der Waals surface area (Å²) >= 11 is 0. The smallest absolute Gasteiger partial charge is 0.421 e. The Hall–Kier alpha value is -0.600. The lowest BCUT2D eigenvalue weighted by molar-refractivity contribution is -0.928. The highest BCUT2D eigenvalue weighted by Gasteiger charge is 2.46. The minimum Gasteiger partial charge on any atom is -0.421 e. The number of halogens is 6. The summed E-state index contributed by atoms with van der Waals surface area (Å²) in [5.74, 6) is 0. The first-order valence-electron chi connectivity index (χ1n) is 10.2. The minimum atomic E-state index is -6.72. The first-order valence-corrected chi connectivity index (χ1v) is 13.0. The van der Waals surface area contributed by atoms with Crippen LogP contribution in [-0.4, -0.2) is 58.5 Å². The van der Waals surface area contributed by atoms with E-state index in [1.54, 1.807) is 0 Å². The molecule has 14 heteroatoms. The molecule has 0 unspecified atom stereocenters. The predicted molar refractivity (Wildman–Crippen MR) is 108 cm³/mol. The van der Waals surface area contributed by atoms with Gasteiger partial charge in [0, 0.05) is 0 Å². The fourth-order valence-electron chi connectivity index (χ4n) is 3.18. The van der Waals surface area contributed by atoms with Crippen LogP contribution in [0, 0.1) is 0 Å². The monoisotopic (exact) mass is 508 g/mol. The summed E-state index contributed by atoms with van der Waals surface area (Å²) in [4.78, 5) is 0. The third-order valence-corrected chi connectivity index (χ3v) is 7.10. The first-order chi connectivity index (χ1) is 13.9. The zero-order valence-electron chi connectivity index (χ0n) is 18.4. The average Bonchev–Trinajstić information content (AvgIpc) is 2.57. The lowest BCUT2D eigenvalue weighted by Crippen LogP contribution is -2.50. The molecule has 0 N–H and O–H groups in total. The molecule has 0 radical (unpaired) electrons. The van der Waals surface area contributed by atoms with Gasteiger partial charge in [-0.1, -0.05) is 40.5 Å². The Kier molecular flexibility index (Phi) is 14.5. The SMILES string of the molecule is CCCCCC[N+](CCC)(CCC)CCC.O=S(=O)([N-]S(=O)(=O)C(F)(F)F)C(F)(F)F. The van der Waals surface area contributed by atoms with Crippen molar-refractivity contribution >= 4 is 20.0 Å². The van der Waals surface area contributed by atoms with Crippen LogP contribution in [-0.2, 0) is 20.0 Å². The summed E-state index contributed by atoms with van der Waals surface area (Å²) < 4.78 is 111. The fourth-order valence-corrected chi connectivity index (χ4v) is 4.89. The molecule has 190 valence electrons. The number of quaternary nitrogens is 1. The molecule has 0 heterocycles. The van der Waals surface area contributed by atoms with Crippen LogP contribution in [0.15, 0.2) is 0 Å². The van der Waals surface area contributed by atoms with Crippen LogP contribution in [0.1, 0.15) is 72.6 Å². The molecule has 0 aromatic heterocycles. The lowest BCUT2D eigenvalue weighted by Gasteiger charge is -2.38. The normalized spacial score (nSPS) is 13.6. The van der Waals surface area contributed by atoms with Crippen molar-refractivity contribution < 1.29 is 47.7 Å². The standard InChI is InChI=1S/C15H34N.C2F6NO4S2/c1-5-9-10-11-15-16(12-6-2,13-7-3)14-8-4;3-1(4,5)14(10,11)9-15(12,13)2(6,7)8/h5-15H2,1-4H3;/q+1;-1. The van der Waals surface area contributed by atoms with Crippen molar-refractivity contribution in [2.75, 3.05) is 26.2 Å². The van der Waals surface area contributed by atoms with Gasteiger partial charge in [-0.25, -0.2) is 16.8 Å². The van der Waals surface area contributed by atoms with E-state index in [2.05, 4.69) is 27.7 Å². The molecular weight excluding hydrogens is 474 g/mol. The van der Waals surface area contributed by atoms with Crippen LogP contribution in [0.3, 0.4) is 0 Å². The van der Waals surface area contributed by atoms with Crippen molar-refractivity contribution in [2.45, 2.75) is 83.7 Å². The maximum Gasteiger partial charge on any atom is 0.480 e. The molecule has 0 aliphatic heterocycles. The van der Waals surface area contributed by atoms with E-state index < -0.39 is 31.1 Å². The Labute approximate surface area is 182 Å². The Bertz CT molecular complexity index is 633. The van der Waals surface area contributed by atoms with Crippen molar-refractivity contribution in [2.24, 2.45) is 0 Å². The highest BCUT2D eigenvalue weighted by molar-refractivity contribution is 8.13. The zero-order chi connectivity index (χ0) is 25.0. The summed E-state index contributed by atoms with van der Waals surface area (Å²) in [6.07, 6.45) is 9.68. The van der Waals surface area contributed by atoms with Gasteiger partial charge in [-0.3, -0.25) is 0 Å². The molecule has 0 fully saturated rings. The molecule has 0 bridgehead atoms. The van der Waals surface area contributed by atoms with Crippen LogP contribution in [0.4, 0.5) is 26.3 Å². The molecule has 0 aromatic carbocycles. The number of hydrogen-bond acceptors (Lipinski definition) is 4. The number of sulfonamides is 2. The van der Waals surface area contributed by atoms with E-state index >= 15 is 0 Å². The highest BCUT2D eigenvalue weighted by Crippen LogP contribution is 2.36. The van der Waals surface area contributed by atoms with Crippen molar-refractivity contribution in [1.29, 1.82) is 0 Å². The van der Waals surface area contributed by atoms with Gasteiger partial charge in [0.05, 0.1) is 26.2 Å². The molecule has 0 amide bonds. The van der Waals surface area contributed by atoms with E-state index in [1.165, 1.54) is 75.6 Å². The van der Waals surface area contributed by atoms with Crippen molar-refractivity contribution in [1.82, 2.24) is 0 Å². The van der Waals surface area contributed by atoms with Crippen LogP contribution >= 0.6 is 0 Å². The summed E-state index contributed by atoms with van der Waals surface area (Å²) in [6.45, 7) is 14.9. The summed E-state index contributed by atoms with van der Waals surface area (Å²) in [5, 5.41) is 0. The number of nitrogens with zero attached hydrogens (tertiary/aromatic N) is 2. The second-order valence-electron chi connectivity index (χ2n) is 7.21. The molecule has 0 saturated heterocycles. The zero-order valence-corrected chi connectivity index (χ0v) is 20.0. The van der Waals surface area contributed by atoms with Gasteiger partial charge in [0.1, 0.15) is 0 Å². The Morgan fingerprint density at radius 2 is 0.935 bits per heavy atom. The third-order valence-electron chi connectivity index (χ3n) is 4.36. The second kappa shape index (κ2) is 13.8. The van der Waals surface area contributed by atoms with Gasteiger partial charge in [0.2, 0.25) is 0 Å². The van der Waals surface area contributed by atoms with Gasteiger partial charge in [0.15, 0.2) is 20.0 Å². The van der Waals surface area contributed by atoms with Crippen LogP contribution in [0.2, 0.25) is 0 Å². The van der Waals surface area contributed by atoms with Gasteiger partial charge in [-0.15, -0.1) is 0 Å². The van der Waals surface area contributed by atoms with Gasteiger partial charge in [-0.05, 0) is 32.1 Å². The number of rotatable bonds is 13. The van der Waals surface area contributed by atoms with E-state index in [4.69, 9.17) is 0 Å². The largest absolute Gasteiger partial charge is 0.480 e. The van der Waals surface area contributed by atoms with Crippen molar-refractivity contribution in [3.8, 4) is 0 Å². The Balaban J connectivity index is 0. The van der Waals surface area contributed by atoms with E-state index in [0.29, 0.717) is 0 Å². The van der Waals surface area contributed by atoms with Crippen molar-refractivity contribution in [3.05, 3.63) is 4.13 Å². The quantitative estimate of drug-likeness (QED) is 0.182. The summed E-state index contributed by atoms with van der Waals surface area (Å²) in [6, 6.07) is 0. The van der Waals surface area contributed by atoms with Crippen LogP contribution in [0.5, 0.6) is 0 Å². The molecule has 31 heavy (non-hydrogen) atoms. The van der Waals surface area contributed by atoms with Gasteiger partial charge < -0.3 is 8.61 Å². The van der Waals surface area contributed by atoms with E-state index in [9.17, 15) is 43.2 Å². The molecule has 0 rings (SSSR count). The van der Waals surface area contributed by atoms with Gasteiger partial charge >= 0.3 is 11.0 Å². The molecule has 6 nitrogen and oxygen atoms in total. The first kappa shape index (κ1) is 32.6. The number of unbranched alkanes of at least 4 members (excludes halogenated alkanes) is 3. The van der Waals surface area contributed by atoms with Crippen LogP contribution in [0.25, 0.3) is 4.13 Å². The van der Waals surface area contributed by atoms with E-state index in [-0.39, 0.29) is 0 Å². The van der Waals surface area contributed by atoms with Gasteiger partial charge in [-0.2, -0.15) is 26.3 Å². The topological polar surface area (TPSA) is 82.4 Å². The van der Waals surface area contributed by atoms with E-state index in [1.807, 2.05) is 0 Å². The molecule has 0 atom stereocenters. The molecule has 0 aliphatic rings. The molecule has 0 saturated carbocycles. The third kappa shape index (κ3) is 12.3. The molecule has 0 aromatic rings. The minimum absolute atomic E-state index is 0.778. The molecule has 0 aliphatic carbocycles. The summed E-state index contributed by atoms with van der Waals surface area (Å²) in [7, 11) is -13.4. The number of hydrogen-bond donors (Lipinski definition) is 0. The second-order valence-corrected chi connectivity index (χ2v) is 10.6. The average molecular weight is 509 g/mol. The maximum atomic E-state index is 11.4. The van der Waals surface area contributed by atoms with E-state index in [0.717, 1.165) is 4.13 Å². The molecule has 0 spiro atoms. The van der Waals surface area contributed by atoms with Crippen molar-refractivity contribution in [3.63, 3.8) is 0 Å². The molecular formula is C17H34F6N2O4S2. The predicted octanol–water partition coefficient (Wildman–Crippen LogP) is 5.67. The fraction of sp³-hybridized carbons (Fsp3) is 1.00. The highest BCUT2D eigenvalue weighted by atomic mass is 32.3. The lowest BCUT2D eigenvalue weighted by atomic mass is 10.1. The van der Waals surface area contributed by atoms with Crippen LogP contribution < -0.4 is 0 Å². The summed E-state index contributed by atoms with van der Waals surface area (Å²) in [5.41, 5.74) is -12.4. The Morgan fingerprint density at radius 3 is 1.19 bits per heavy atom. The van der Waals surface area contributed by atoms with Gasteiger partial charge in [0.25, 0.3) is 0 Å².